The Kier molecular flexibility index (Phi) is 3.89. The van der Waals surface area contributed by atoms with E-state index in [9.17, 15) is 0 Å². The fourth-order valence-corrected chi connectivity index (χ4v) is 2.24. The maximum absolute atomic E-state index is 6.31. The first-order valence-corrected chi connectivity index (χ1v) is 6.94. The zero-order valence-electron chi connectivity index (χ0n) is 13.2. The van der Waals surface area contributed by atoms with E-state index in [0.717, 1.165) is 16.9 Å². The van der Waals surface area contributed by atoms with Crippen molar-refractivity contribution in [3.63, 3.8) is 0 Å². The van der Waals surface area contributed by atoms with Gasteiger partial charge in [0.15, 0.2) is 0 Å². The maximum Gasteiger partial charge on any atom is 0.480 e. The summed E-state index contributed by atoms with van der Waals surface area (Å²) >= 11 is 0. The van der Waals surface area contributed by atoms with Gasteiger partial charge in [0.05, 0.1) is 24.3 Å². The van der Waals surface area contributed by atoms with E-state index in [1.165, 1.54) is 0 Å². The molecule has 0 bridgehead atoms. The smallest absolute Gasteiger partial charge is 0.480 e. The largest absolute Gasteiger partial charge is 0.496 e. The minimum atomic E-state index is -0.451. The summed E-state index contributed by atoms with van der Waals surface area (Å²) in [4.78, 5) is 0. The van der Waals surface area contributed by atoms with E-state index < -0.39 is 7.12 Å². The highest BCUT2D eigenvalue weighted by atomic mass is 16.7. The molecule has 0 aromatic heterocycles. The van der Waals surface area contributed by atoms with Gasteiger partial charge < -0.3 is 19.8 Å². The van der Waals surface area contributed by atoms with E-state index in [2.05, 4.69) is 0 Å². The number of nitrogens with two attached hydrogens (primary N) is 1. The highest BCUT2D eigenvalue weighted by Gasteiger charge is 2.53. The van der Waals surface area contributed by atoms with Gasteiger partial charge in [-0.05, 0) is 51.8 Å². The number of hydrogen-bond acceptors (Lipinski definition) is 4. The summed E-state index contributed by atoms with van der Waals surface area (Å²) in [6.45, 7) is 10.1. The van der Waals surface area contributed by atoms with Crippen LogP contribution >= 0.6 is 0 Å². The van der Waals surface area contributed by atoms with Crippen LogP contribution in [0.4, 0.5) is 0 Å². The summed E-state index contributed by atoms with van der Waals surface area (Å²) in [5.41, 5.74) is 7.60. The number of aryl methyl sites for hydroxylation is 1. The first kappa shape index (κ1) is 15.4. The quantitative estimate of drug-likeness (QED) is 0.863. The Morgan fingerprint density at radius 3 is 2.20 bits per heavy atom. The Morgan fingerprint density at radius 1 is 1.15 bits per heavy atom. The summed E-state index contributed by atoms with van der Waals surface area (Å²) < 4.78 is 17.3. The predicted molar refractivity (Wildman–Crippen MR) is 80.7 cm³/mol. The van der Waals surface area contributed by atoms with Crippen molar-refractivity contribution in [2.24, 2.45) is 5.73 Å². The Labute approximate surface area is 121 Å². The third-order valence-electron chi connectivity index (χ3n) is 4.38. The fourth-order valence-electron chi connectivity index (χ4n) is 2.24. The molecular formula is C15H24BNO3. The fraction of sp³-hybridized carbons (Fsp3) is 0.600. The molecule has 0 spiro atoms. The molecule has 2 N–H and O–H groups in total. The minimum absolute atomic E-state index is 0.342. The van der Waals surface area contributed by atoms with Gasteiger partial charge in [-0.3, -0.25) is 0 Å². The Hall–Kier alpha value is -1.04. The van der Waals surface area contributed by atoms with Gasteiger partial charge in [0.2, 0.25) is 0 Å². The van der Waals surface area contributed by atoms with Gasteiger partial charge in [0.25, 0.3) is 0 Å². The molecule has 20 heavy (non-hydrogen) atoms. The van der Waals surface area contributed by atoms with E-state index in [-0.39, 0.29) is 17.1 Å². The topological polar surface area (TPSA) is 53.7 Å². The Morgan fingerprint density at radius 2 is 1.70 bits per heavy atom. The van der Waals surface area contributed by atoms with Crippen molar-refractivity contribution in [2.45, 2.75) is 51.8 Å². The van der Waals surface area contributed by atoms with Gasteiger partial charge in [-0.25, -0.2) is 0 Å². The zero-order chi connectivity index (χ0) is 15.1. The molecule has 1 aliphatic heterocycles. The maximum atomic E-state index is 6.31. The molecule has 1 saturated heterocycles. The lowest BCUT2D eigenvalue weighted by atomic mass is 9.74. The van der Waals surface area contributed by atoms with E-state index in [0.29, 0.717) is 0 Å². The van der Waals surface area contributed by atoms with Crippen LogP contribution in [0.15, 0.2) is 18.2 Å². The Balaban J connectivity index is 2.23. The second kappa shape index (κ2) is 5.06. The number of benzene rings is 1. The van der Waals surface area contributed by atoms with E-state index >= 15 is 0 Å². The van der Waals surface area contributed by atoms with Crippen molar-refractivity contribution in [1.82, 2.24) is 0 Å². The highest BCUT2D eigenvalue weighted by Crippen LogP contribution is 2.39. The SMILES string of the molecule is COc1cc([C@@H](N)B2OC(C)(C)C(C)(C)O2)ccc1C. The molecule has 110 valence electrons. The highest BCUT2D eigenvalue weighted by molar-refractivity contribution is 6.47. The van der Waals surface area contributed by atoms with Crippen molar-refractivity contribution in [1.29, 1.82) is 0 Å². The molecule has 1 fully saturated rings. The van der Waals surface area contributed by atoms with Gasteiger partial charge in [-0.2, -0.15) is 0 Å². The first-order valence-electron chi connectivity index (χ1n) is 6.94. The molecule has 2 rings (SSSR count). The number of rotatable bonds is 3. The van der Waals surface area contributed by atoms with Crippen LogP contribution in [0.1, 0.15) is 44.8 Å². The van der Waals surface area contributed by atoms with Crippen molar-refractivity contribution >= 4 is 7.12 Å². The van der Waals surface area contributed by atoms with Crippen LogP contribution in [0.5, 0.6) is 5.75 Å². The molecule has 1 aromatic rings. The molecule has 0 unspecified atom stereocenters. The zero-order valence-corrected chi connectivity index (χ0v) is 13.2. The molecular weight excluding hydrogens is 253 g/mol. The lowest BCUT2D eigenvalue weighted by molar-refractivity contribution is 0.00578. The van der Waals surface area contributed by atoms with E-state index in [4.69, 9.17) is 19.8 Å². The normalized spacial score (nSPS) is 21.9. The van der Waals surface area contributed by atoms with Crippen LogP contribution < -0.4 is 10.5 Å². The second-order valence-electron chi connectivity index (χ2n) is 6.38. The summed E-state index contributed by atoms with van der Waals surface area (Å²) in [7, 11) is 1.21. The molecule has 0 aliphatic carbocycles. The molecule has 0 saturated carbocycles. The van der Waals surface area contributed by atoms with Crippen LogP contribution in [0.3, 0.4) is 0 Å². The summed E-state index contributed by atoms with van der Waals surface area (Å²) in [5.74, 6) is 0.486. The van der Waals surface area contributed by atoms with Crippen LogP contribution in [0.2, 0.25) is 0 Å². The number of methoxy groups -OCH3 is 1. The van der Waals surface area contributed by atoms with Crippen LogP contribution in [-0.2, 0) is 9.31 Å². The molecule has 1 aromatic carbocycles. The average Bonchev–Trinajstić information content (AvgIpc) is 2.58. The standard InChI is InChI=1S/C15H24BNO3/c1-10-7-8-11(9-12(10)18-6)13(17)16-19-14(2,3)15(4,5)20-16/h7-9,13H,17H2,1-6H3/t13-/m1/s1. The van der Waals surface area contributed by atoms with Crippen LogP contribution in [0, 0.1) is 6.92 Å². The van der Waals surface area contributed by atoms with Gasteiger partial charge in [-0.1, -0.05) is 12.1 Å². The number of hydrogen-bond donors (Lipinski definition) is 1. The summed E-state index contributed by atoms with van der Waals surface area (Å²) in [6, 6.07) is 5.94. The molecule has 1 aliphatic rings. The number of ether oxygens (including phenoxy) is 1. The van der Waals surface area contributed by atoms with Crippen molar-refractivity contribution in [3.8, 4) is 5.75 Å². The first-order chi connectivity index (χ1) is 9.18. The monoisotopic (exact) mass is 277 g/mol. The summed E-state index contributed by atoms with van der Waals surface area (Å²) in [6.07, 6.45) is 0. The molecule has 4 nitrogen and oxygen atoms in total. The molecule has 1 atom stereocenters. The van der Waals surface area contributed by atoms with E-state index in [1.807, 2.05) is 52.8 Å². The van der Waals surface area contributed by atoms with Gasteiger partial charge in [0.1, 0.15) is 5.75 Å². The predicted octanol–water partition coefficient (Wildman–Crippen LogP) is 2.63. The van der Waals surface area contributed by atoms with Crippen LogP contribution in [-0.4, -0.2) is 25.4 Å². The molecule has 0 amide bonds. The lowest BCUT2D eigenvalue weighted by Crippen LogP contribution is -2.41. The average molecular weight is 277 g/mol. The van der Waals surface area contributed by atoms with Gasteiger partial charge >= 0.3 is 7.12 Å². The third-order valence-corrected chi connectivity index (χ3v) is 4.38. The van der Waals surface area contributed by atoms with Gasteiger partial charge in [0, 0.05) is 0 Å². The van der Waals surface area contributed by atoms with Gasteiger partial charge in [-0.15, -0.1) is 0 Å². The minimum Gasteiger partial charge on any atom is -0.496 e. The Bertz CT molecular complexity index is 486. The third kappa shape index (κ3) is 2.58. The molecule has 0 radical (unpaired) electrons. The second-order valence-corrected chi connectivity index (χ2v) is 6.38. The van der Waals surface area contributed by atoms with Crippen molar-refractivity contribution in [2.75, 3.05) is 7.11 Å². The molecule has 1 heterocycles. The van der Waals surface area contributed by atoms with E-state index in [1.54, 1.807) is 7.11 Å². The van der Waals surface area contributed by atoms with Crippen molar-refractivity contribution in [3.05, 3.63) is 29.3 Å². The molecule has 5 heteroatoms. The van der Waals surface area contributed by atoms with Crippen LogP contribution in [0.25, 0.3) is 0 Å². The lowest BCUT2D eigenvalue weighted by Gasteiger charge is -2.32. The van der Waals surface area contributed by atoms with Crippen molar-refractivity contribution < 1.29 is 14.0 Å². The summed E-state index contributed by atoms with van der Waals surface area (Å²) in [5, 5.41) is 0.